The monoisotopic (exact) mass is 463 g/mol. The van der Waals surface area contributed by atoms with Gasteiger partial charge in [-0.15, -0.1) is 0 Å². The lowest BCUT2D eigenvalue weighted by molar-refractivity contribution is -0.138. The fourth-order valence-corrected chi connectivity index (χ4v) is 6.87. The Balaban J connectivity index is 1.45. The van der Waals surface area contributed by atoms with Crippen LogP contribution < -0.4 is 5.73 Å². The topological polar surface area (TPSA) is 93.7 Å². The van der Waals surface area contributed by atoms with Crippen molar-refractivity contribution in [2.24, 2.45) is 29.4 Å². The lowest BCUT2D eigenvalue weighted by Crippen LogP contribution is -2.52. The molecule has 4 aliphatic rings. The number of nitrogens with two attached hydrogens (primary N) is 1. The molecule has 4 fully saturated rings. The number of carbonyl (C=O) groups is 2. The highest BCUT2D eigenvalue weighted by Crippen LogP contribution is 2.44. The minimum Gasteiger partial charge on any atom is -0.387 e. The third-order valence-corrected chi connectivity index (χ3v) is 8.88. The molecular weight excluding hydrogens is 421 g/mol. The van der Waals surface area contributed by atoms with Crippen LogP contribution >= 0.6 is 0 Å². The van der Waals surface area contributed by atoms with E-state index < -0.39 is 6.17 Å². The SMILES string of the molecule is CN(C)C(=O)C1CCC(CN2C(C(=O)N3CCC(F)CC3)CC3CCC(C(=N)N)CC32)CC1. The van der Waals surface area contributed by atoms with Crippen molar-refractivity contribution in [3.8, 4) is 0 Å². The number of alkyl halides is 1. The molecule has 3 N–H and O–H groups in total. The molecule has 0 aromatic rings. The molecule has 2 amide bonds. The lowest BCUT2D eigenvalue weighted by atomic mass is 9.77. The summed E-state index contributed by atoms with van der Waals surface area (Å²) in [7, 11) is 3.66. The Morgan fingerprint density at radius 1 is 0.970 bits per heavy atom. The number of carbonyl (C=O) groups excluding carboxylic acids is 2. The van der Waals surface area contributed by atoms with E-state index in [1.807, 2.05) is 19.0 Å². The molecule has 33 heavy (non-hydrogen) atoms. The van der Waals surface area contributed by atoms with E-state index >= 15 is 0 Å². The fraction of sp³-hybridized carbons (Fsp3) is 0.880. The number of fused-ring (bicyclic) bond motifs is 1. The van der Waals surface area contributed by atoms with Crippen molar-refractivity contribution in [3.63, 3.8) is 0 Å². The van der Waals surface area contributed by atoms with Gasteiger partial charge in [0.2, 0.25) is 11.8 Å². The average Bonchev–Trinajstić information content (AvgIpc) is 3.16. The van der Waals surface area contributed by atoms with Crippen LogP contribution in [0.25, 0.3) is 0 Å². The van der Waals surface area contributed by atoms with Crippen molar-refractivity contribution < 1.29 is 14.0 Å². The molecule has 186 valence electrons. The number of hydrogen-bond donors (Lipinski definition) is 2. The molecule has 0 aromatic carbocycles. The molecule has 7 nitrogen and oxygen atoms in total. The Kier molecular flexibility index (Phi) is 7.61. The van der Waals surface area contributed by atoms with E-state index in [2.05, 4.69) is 4.90 Å². The highest BCUT2D eigenvalue weighted by atomic mass is 19.1. The third-order valence-electron chi connectivity index (χ3n) is 8.88. The van der Waals surface area contributed by atoms with Crippen LogP contribution in [0.15, 0.2) is 0 Å². The third kappa shape index (κ3) is 5.36. The minimum absolute atomic E-state index is 0.110. The zero-order valence-corrected chi connectivity index (χ0v) is 20.3. The molecule has 4 unspecified atom stereocenters. The van der Waals surface area contributed by atoms with E-state index in [4.69, 9.17) is 11.1 Å². The minimum atomic E-state index is -0.785. The molecule has 2 aliphatic heterocycles. The van der Waals surface area contributed by atoms with Crippen molar-refractivity contribution >= 4 is 17.6 Å². The summed E-state index contributed by atoms with van der Waals surface area (Å²) in [4.78, 5) is 32.0. The van der Waals surface area contributed by atoms with E-state index in [-0.39, 0.29) is 35.5 Å². The molecule has 4 rings (SSSR count). The molecule has 2 heterocycles. The van der Waals surface area contributed by atoms with E-state index in [1.54, 1.807) is 4.90 Å². The molecule has 0 bridgehead atoms. The summed E-state index contributed by atoms with van der Waals surface area (Å²) in [5.74, 6) is 1.87. The first-order valence-corrected chi connectivity index (χ1v) is 13.0. The summed E-state index contributed by atoms with van der Waals surface area (Å²) in [5, 5.41) is 7.98. The molecule has 0 spiro atoms. The number of nitrogens with one attached hydrogen (secondary N) is 1. The van der Waals surface area contributed by atoms with Gasteiger partial charge in [-0.2, -0.15) is 0 Å². The summed E-state index contributed by atoms with van der Waals surface area (Å²) < 4.78 is 13.7. The second-order valence-corrected chi connectivity index (χ2v) is 11.2. The number of hydrogen-bond acceptors (Lipinski definition) is 4. The Hall–Kier alpha value is -1.70. The molecule has 2 saturated carbocycles. The number of rotatable bonds is 5. The second-order valence-electron chi connectivity index (χ2n) is 11.2. The maximum atomic E-state index is 13.7. The summed E-state index contributed by atoms with van der Waals surface area (Å²) in [5.41, 5.74) is 5.89. The van der Waals surface area contributed by atoms with Gasteiger partial charge in [-0.05, 0) is 76.0 Å². The van der Waals surface area contributed by atoms with Crippen molar-refractivity contribution in [1.29, 1.82) is 5.41 Å². The van der Waals surface area contributed by atoms with Crippen LogP contribution in [0.3, 0.4) is 0 Å². The van der Waals surface area contributed by atoms with Crippen molar-refractivity contribution in [2.45, 2.75) is 82.5 Å². The van der Waals surface area contributed by atoms with E-state index in [1.165, 1.54) is 0 Å². The van der Waals surface area contributed by atoms with Gasteiger partial charge in [-0.1, -0.05) is 0 Å². The zero-order valence-electron chi connectivity index (χ0n) is 20.3. The highest BCUT2D eigenvalue weighted by Gasteiger charge is 2.49. The van der Waals surface area contributed by atoms with Crippen molar-refractivity contribution in [2.75, 3.05) is 33.7 Å². The van der Waals surface area contributed by atoms with Gasteiger partial charge in [0.15, 0.2) is 0 Å². The van der Waals surface area contributed by atoms with Crippen molar-refractivity contribution in [1.82, 2.24) is 14.7 Å². The molecular formula is C25H42FN5O2. The Bertz CT molecular complexity index is 730. The summed E-state index contributed by atoms with van der Waals surface area (Å²) in [6, 6.07) is 0.157. The van der Waals surface area contributed by atoms with Crippen LogP contribution in [0.4, 0.5) is 4.39 Å². The Morgan fingerprint density at radius 3 is 2.21 bits per heavy atom. The summed E-state index contributed by atoms with van der Waals surface area (Å²) in [6.45, 7) is 1.92. The number of likely N-dealkylation sites (tertiary alicyclic amines) is 2. The number of amidine groups is 1. The molecule has 2 aliphatic carbocycles. The van der Waals surface area contributed by atoms with Gasteiger partial charge in [0.25, 0.3) is 0 Å². The van der Waals surface area contributed by atoms with Crippen LogP contribution in [-0.2, 0) is 9.59 Å². The van der Waals surface area contributed by atoms with Gasteiger partial charge in [0.1, 0.15) is 6.17 Å². The maximum absolute atomic E-state index is 13.7. The zero-order chi connectivity index (χ0) is 23.7. The number of piperidine rings is 1. The van der Waals surface area contributed by atoms with Gasteiger partial charge in [0, 0.05) is 51.6 Å². The molecule has 0 radical (unpaired) electrons. The summed E-state index contributed by atoms with van der Waals surface area (Å²) in [6.07, 6.45) is 7.68. The van der Waals surface area contributed by atoms with E-state index in [0.717, 1.165) is 57.9 Å². The average molecular weight is 464 g/mol. The fourth-order valence-electron chi connectivity index (χ4n) is 6.87. The normalized spacial score (nSPS) is 35.8. The number of nitrogens with zero attached hydrogens (tertiary/aromatic N) is 3. The Labute approximate surface area is 197 Å². The summed E-state index contributed by atoms with van der Waals surface area (Å²) >= 11 is 0. The highest BCUT2D eigenvalue weighted by molar-refractivity contribution is 5.83. The Morgan fingerprint density at radius 2 is 1.61 bits per heavy atom. The quantitative estimate of drug-likeness (QED) is 0.484. The van der Waals surface area contributed by atoms with Crippen LogP contribution in [0, 0.1) is 29.1 Å². The van der Waals surface area contributed by atoms with Gasteiger partial charge in [-0.3, -0.25) is 19.9 Å². The second kappa shape index (κ2) is 10.3. The van der Waals surface area contributed by atoms with Crippen LogP contribution in [0.2, 0.25) is 0 Å². The van der Waals surface area contributed by atoms with Crippen molar-refractivity contribution in [3.05, 3.63) is 0 Å². The molecule has 4 atom stereocenters. The predicted octanol–water partition coefficient (Wildman–Crippen LogP) is 2.64. The smallest absolute Gasteiger partial charge is 0.239 e. The first-order chi connectivity index (χ1) is 15.7. The van der Waals surface area contributed by atoms with Crippen LogP contribution in [0.5, 0.6) is 0 Å². The first-order valence-electron chi connectivity index (χ1n) is 13.0. The lowest BCUT2D eigenvalue weighted by Gasteiger charge is -2.41. The molecule has 0 aromatic heterocycles. The van der Waals surface area contributed by atoms with E-state index in [9.17, 15) is 14.0 Å². The van der Waals surface area contributed by atoms with E-state index in [0.29, 0.717) is 43.8 Å². The van der Waals surface area contributed by atoms with Gasteiger partial charge in [0.05, 0.1) is 11.9 Å². The first kappa shape index (κ1) is 24.4. The maximum Gasteiger partial charge on any atom is 0.239 e. The van der Waals surface area contributed by atoms with Crippen LogP contribution in [-0.4, -0.2) is 84.3 Å². The molecule has 2 saturated heterocycles. The van der Waals surface area contributed by atoms with Crippen LogP contribution in [0.1, 0.15) is 64.2 Å². The van der Waals surface area contributed by atoms with Gasteiger partial charge >= 0.3 is 0 Å². The number of amides is 2. The van der Waals surface area contributed by atoms with Gasteiger partial charge < -0.3 is 15.5 Å². The largest absolute Gasteiger partial charge is 0.387 e. The number of halogens is 1. The standard InChI is InChI=1S/C25H42FN5O2/c1-29(2)24(32)17-5-3-16(4-6-17)15-31-21-14-19(23(27)28)8-7-18(21)13-22(31)25(33)30-11-9-20(26)10-12-30/h16-22H,3-15H2,1-2H3,(H3,27,28). The predicted molar refractivity (Wildman–Crippen MR) is 126 cm³/mol. The van der Waals surface area contributed by atoms with Gasteiger partial charge in [-0.25, -0.2) is 4.39 Å². The molecule has 8 heteroatoms.